The van der Waals surface area contributed by atoms with Gasteiger partial charge in [0.1, 0.15) is 0 Å². The Morgan fingerprint density at radius 2 is 1.16 bits per heavy atom. The van der Waals surface area contributed by atoms with Crippen LogP contribution >= 0.6 is 52.2 Å². The van der Waals surface area contributed by atoms with E-state index in [0.29, 0.717) is 0 Å². The summed E-state index contributed by atoms with van der Waals surface area (Å²) >= 11 is 9.17. The Hall–Kier alpha value is 0.692. The van der Waals surface area contributed by atoms with E-state index in [2.05, 4.69) is 47.5 Å². The third kappa shape index (κ3) is 40.6. The maximum Gasteiger partial charge on any atom is 4.00 e. The molecule has 0 saturated carbocycles. The molecular weight excluding hydrogens is 551 g/mol. The molecule has 0 fully saturated rings. The van der Waals surface area contributed by atoms with Gasteiger partial charge in [-0.3, -0.25) is 6.08 Å². The molecule has 0 heterocycles. The zero-order valence-corrected chi connectivity index (χ0v) is 20.3. The molecule has 3 rings (SSSR count). The van der Waals surface area contributed by atoms with E-state index in [1.165, 1.54) is 0 Å². The van der Waals surface area contributed by atoms with E-state index in [4.69, 9.17) is 19.1 Å². The zero-order valence-electron chi connectivity index (χ0n) is 13.2. The summed E-state index contributed by atoms with van der Waals surface area (Å²) in [5.74, 6) is 0. The van der Waals surface area contributed by atoms with Crippen LogP contribution in [0.5, 0.6) is 0 Å². The van der Waals surface area contributed by atoms with Gasteiger partial charge >= 0.3 is 52.1 Å². The first-order valence-electron chi connectivity index (χ1n) is 6.22. The second-order valence-corrected chi connectivity index (χ2v) is 6.31. The van der Waals surface area contributed by atoms with Crippen molar-refractivity contribution in [2.45, 2.75) is 6.42 Å². The second-order valence-electron chi connectivity index (χ2n) is 3.29. The second kappa shape index (κ2) is 35.7. The summed E-state index contributed by atoms with van der Waals surface area (Å²) in [7, 11) is 9.63. The van der Waals surface area contributed by atoms with Crippen LogP contribution < -0.4 is 0 Å². The largest absolute Gasteiger partial charge is 4.00 e. The molecule has 0 saturated heterocycles. The van der Waals surface area contributed by atoms with Crippen LogP contribution in [0.4, 0.5) is 0 Å². The van der Waals surface area contributed by atoms with Crippen LogP contribution in [-0.4, -0.2) is 0 Å². The van der Waals surface area contributed by atoms with Crippen LogP contribution in [0, 0.1) is 23.5 Å². The van der Waals surface area contributed by atoms with Gasteiger partial charge in [0.25, 0.3) is 0 Å². The predicted molar refractivity (Wildman–Crippen MR) is 111 cm³/mol. The average molecular weight is 570 g/mol. The standard InChI is InChI=1S/2C6H5.C5H5.CHCl2.2ClH.Fe.H3P.Pd/c2*1-2-4-6-5-3-1;1-2-4-5-3-1;2-1-3;;;;;/h2*1-5H;1-2,5H,3H2;1H;2*1H;;1H3;/q4*-1;;;+4;;+2/p-2. The van der Waals surface area contributed by atoms with Gasteiger partial charge in [-0.2, -0.15) is 94.1 Å². The van der Waals surface area contributed by atoms with E-state index in [0.717, 1.165) is 11.8 Å². The van der Waals surface area contributed by atoms with Gasteiger partial charge in [0.2, 0.25) is 0 Å². The first-order valence-corrected chi connectivity index (χ1v) is 11.1. The van der Waals surface area contributed by atoms with Crippen LogP contribution in [0.3, 0.4) is 0 Å². The van der Waals surface area contributed by atoms with Crippen LogP contribution in [0.15, 0.2) is 78.9 Å². The molecular formula is C18H19Cl4FePPd. The van der Waals surface area contributed by atoms with E-state index >= 15 is 0 Å². The number of halogens is 4. The van der Waals surface area contributed by atoms with Crippen molar-refractivity contribution in [3.63, 3.8) is 0 Å². The minimum absolute atomic E-state index is 0. The van der Waals surface area contributed by atoms with Gasteiger partial charge in [0, 0.05) is 0 Å². The molecule has 7 heteroatoms. The van der Waals surface area contributed by atoms with Crippen molar-refractivity contribution >= 4 is 52.2 Å². The summed E-state index contributed by atoms with van der Waals surface area (Å²) in [4.78, 5) is 0. The monoisotopic (exact) mass is 568 g/mol. The topological polar surface area (TPSA) is 0 Å². The van der Waals surface area contributed by atoms with Crippen molar-refractivity contribution < 1.29 is 33.0 Å². The number of hydrogen-bond donors (Lipinski definition) is 0. The molecule has 0 aliphatic heterocycles. The van der Waals surface area contributed by atoms with Gasteiger partial charge in [-0.05, 0) is 0 Å². The van der Waals surface area contributed by atoms with Crippen molar-refractivity contribution in [3.05, 3.63) is 102 Å². The van der Waals surface area contributed by atoms with E-state index in [-0.39, 0.29) is 42.9 Å². The SMILES string of the molecule is Cl[CH-]Cl.P.[C-]1=CCC=C1.[Cl][Pd][Cl].[Fe+4].[c-]1ccccc1.[c-]1ccccc1. The fourth-order valence-corrected chi connectivity index (χ4v) is 1.02. The van der Waals surface area contributed by atoms with Crippen LogP contribution in [0.1, 0.15) is 6.42 Å². The van der Waals surface area contributed by atoms with Crippen LogP contribution in [0.2, 0.25) is 0 Å². The average Bonchev–Trinajstić information content (AvgIpc) is 3.20. The Bertz CT molecular complexity index is 362. The molecule has 0 amide bonds. The molecule has 0 N–H and O–H groups in total. The first kappa shape index (κ1) is 33.3. The minimum Gasteiger partial charge on any atom is -0.184 e. The normalized spacial score (nSPS) is 8.96. The first-order chi connectivity index (χ1) is 11.3. The fraction of sp³-hybridized carbons (Fsp3) is 0.0556. The summed E-state index contributed by atoms with van der Waals surface area (Å²) in [6, 6.07) is 25.0. The molecule has 1 atom stereocenters. The molecule has 1 aliphatic rings. The van der Waals surface area contributed by atoms with Gasteiger partial charge in [-0.15, -0.1) is 6.42 Å². The predicted octanol–water partition coefficient (Wildman–Crippen LogP) is 7.29. The number of rotatable bonds is 0. The molecule has 1 unspecified atom stereocenters. The van der Waals surface area contributed by atoms with Crippen molar-refractivity contribution in [3.8, 4) is 0 Å². The smallest absolute Gasteiger partial charge is 0.184 e. The third-order valence-corrected chi connectivity index (χ3v) is 1.80. The Kier molecular flexibility index (Phi) is 47.6. The van der Waals surface area contributed by atoms with E-state index in [9.17, 15) is 0 Å². The van der Waals surface area contributed by atoms with Gasteiger partial charge in [-0.1, -0.05) is 0 Å². The van der Waals surface area contributed by atoms with Gasteiger partial charge < -0.3 is 23.2 Å². The molecule has 0 aromatic heterocycles. The summed E-state index contributed by atoms with van der Waals surface area (Å²) in [5.41, 5.74) is 0. The maximum atomic E-state index is 4.81. The molecule has 0 spiro atoms. The summed E-state index contributed by atoms with van der Waals surface area (Å²) in [5, 5.41) is 0.944. The van der Waals surface area contributed by atoms with Crippen molar-refractivity contribution in [2.24, 2.45) is 0 Å². The maximum absolute atomic E-state index is 4.81. The van der Waals surface area contributed by atoms with Crippen molar-refractivity contribution in [2.75, 3.05) is 0 Å². The Morgan fingerprint density at radius 1 is 0.800 bits per heavy atom. The van der Waals surface area contributed by atoms with Gasteiger partial charge in [0.15, 0.2) is 0 Å². The van der Waals surface area contributed by atoms with Gasteiger partial charge in [-0.25, -0.2) is 12.2 Å². The number of hydrogen-bond acceptors (Lipinski definition) is 0. The van der Waals surface area contributed by atoms with E-state index < -0.39 is 0 Å². The molecule has 0 bridgehead atoms. The third-order valence-electron chi connectivity index (χ3n) is 1.80. The molecule has 2 aromatic rings. The molecule has 1 aliphatic carbocycles. The summed E-state index contributed by atoms with van der Waals surface area (Å²) in [6.07, 6.45) is 10.0. The van der Waals surface area contributed by atoms with E-state index in [1.54, 1.807) is 0 Å². The van der Waals surface area contributed by atoms with Crippen molar-refractivity contribution in [1.82, 2.24) is 0 Å². The summed E-state index contributed by atoms with van der Waals surface area (Å²) in [6.45, 7) is 0. The van der Waals surface area contributed by atoms with Crippen molar-refractivity contribution in [1.29, 1.82) is 0 Å². The van der Waals surface area contributed by atoms with Crippen LogP contribution in [0.25, 0.3) is 0 Å². The van der Waals surface area contributed by atoms with Crippen LogP contribution in [-0.2, 0) is 33.0 Å². The Morgan fingerprint density at radius 3 is 1.24 bits per heavy atom. The molecule has 0 nitrogen and oxygen atoms in total. The van der Waals surface area contributed by atoms with E-state index in [1.807, 2.05) is 72.8 Å². The molecule has 2 aromatic carbocycles. The Balaban J connectivity index is -0.000000112. The Labute approximate surface area is 192 Å². The number of benzene rings is 2. The zero-order chi connectivity index (χ0) is 17.4. The molecule has 142 valence electrons. The molecule has 0 radical (unpaired) electrons. The quantitative estimate of drug-likeness (QED) is 0.177. The summed E-state index contributed by atoms with van der Waals surface area (Å²) < 4.78 is 0. The minimum atomic E-state index is -0.106. The fourth-order valence-electron chi connectivity index (χ4n) is 1.02. The number of allylic oxidation sites excluding steroid dienone is 4. The molecule has 25 heavy (non-hydrogen) atoms. The van der Waals surface area contributed by atoms with Gasteiger partial charge in [0.05, 0.1) is 0 Å².